The molecule has 0 spiro atoms. The second-order valence-electron chi connectivity index (χ2n) is 1.82. The van der Waals surface area contributed by atoms with Gasteiger partial charge in [0.1, 0.15) is 11.3 Å². The van der Waals surface area contributed by atoms with Crippen LogP contribution in [0.3, 0.4) is 0 Å². The van der Waals surface area contributed by atoms with E-state index in [4.69, 9.17) is 10.2 Å². The number of carboxylic acids is 1. The van der Waals surface area contributed by atoms with Crippen molar-refractivity contribution < 1.29 is 15.0 Å². The Balaban J connectivity index is 0. The molecule has 5 nitrogen and oxygen atoms in total. The molecular weight excluding hydrogens is 160 g/mol. The van der Waals surface area contributed by atoms with Crippen LogP contribution in [0.25, 0.3) is 0 Å². The van der Waals surface area contributed by atoms with Crippen LogP contribution in [0.2, 0.25) is 0 Å². The Hall–Kier alpha value is -1.59. The Morgan fingerprint density at radius 1 is 1.17 bits per heavy atom. The standard InChI is InChI=1S/C7H6O3.2H3N/c8-6-4-2-1-3-5(6)7(9)10;;/h1-4,8H,(H,9,10);2*1H3. The molecule has 0 atom stereocenters. The molecule has 0 aliphatic carbocycles. The fourth-order valence-electron chi connectivity index (χ4n) is 0.654. The molecule has 68 valence electrons. The first-order valence-corrected chi connectivity index (χ1v) is 2.73. The van der Waals surface area contributed by atoms with Crippen LogP contribution in [0.1, 0.15) is 10.4 Å². The molecular formula is C7H12N2O3. The van der Waals surface area contributed by atoms with E-state index in [9.17, 15) is 4.79 Å². The van der Waals surface area contributed by atoms with Gasteiger partial charge in [-0.15, -0.1) is 0 Å². The van der Waals surface area contributed by atoms with Crippen molar-refractivity contribution in [2.45, 2.75) is 0 Å². The van der Waals surface area contributed by atoms with Crippen LogP contribution in [-0.2, 0) is 0 Å². The van der Waals surface area contributed by atoms with Gasteiger partial charge in [-0.2, -0.15) is 0 Å². The Labute approximate surface area is 69.8 Å². The lowest BCUT2D eigenvalue weighted by Crippen LogP contribution is -1.95. The highest BCUT2D eigenvalue weighted by molar-refractivity contribution is 5.90. The topological polar surface area (TPSA) is 128 Å². The second kappa shape index (κ2) is 5.11. The first-order valence-electron chi connectivity index (χ1n) is 2.73. The predicted molar refractivity (Wildman–Crippen MR) is 45.1 cm³/mol. The summed E-state index contributed by atoms with van der Waals surface area (Å²) in [6.07, 6.45) is 0. The molecule has 1 aromatic carbocycles. The first kappa shape index (κ1) is 13.0. The predicted octanol–water partition coefficient (Wildman–Crippen LogP) is 1.41. The number of carbonyl (C=O) groups is 1. The van der Waals surface area contributed by atoms with E-state index in [2.05, 4.69) is 0 Å². The van der Waals surface area contributed by atoms with Crippen molar-refractivity contribution in [3.8, 4) is 5.75 Å². The molecule has 0 radical (unpaired) electrons. The molecule has 5 heteroatoms. The van der Waals surface area contributed by atoms with Gasteiger partial charge in [0.05, 0.1) is 0 Å². The number of benzene rings is 1. The number of rotatable bonds is 1. The van der Waals surface area contributed by atoms with Crippen LogP contribution in [0.4, 0.5) is 0 Å². The van der Waals surface area contributed by atoms with Gasteiger partial charge < -0.3 is 22.5 Å². The minimum absolute atomic E-state index is 0. The third-order valence-corrected chi connectivity index (χ3v) is 1.13. The lowest BCUT2D eigenvalue weighted by Gasteiger charge is -1.95. The van der Waals surface area contributed by atoms with Gasteiger partial charge >= 0.3 is 5.97 Å². The third kappa shape index (κ3) is 2.57. The number of aromatic hydroxyl groups is 1. The van der Waals surface area contributed by atoms with E-state index < -0.39 is 5.97 Å². The molecule has 0 fully saturated rings. The summed E-state index contributed by atoms with van der Waals surface area (Å²) in [5, 5.41) is 17.3. The lowest BCUT2D eigenvalue weighted by molar-refractivity contribution is 0.0694. The summed E-state index contributed by atoms with van der Waals surface area (Å²) in [5.74, 6) is -1.31. The number of para-hydroxylation sites is 1. The highest BCUT2D eigenvalue weighted by Gasteiger charge is 2.05. The van der Waals surface area contributed by atoms with E-state index in [1.807, 2.05) is 0 Å². The molecule has 0 saturated heterocycles. The zero-order valence-electron chi connectivity index (χ0n) is 6.53. The molecule has 0 aromatic heterocycles. The number of hydrogen-bond acceptors (Lipinski definition) is 4. The van der Waals surface area contributed by atoms with Crippen molar-refractivity contribution in [2.75, 3.05) is 0 Å². The van der Waals surface area contributed by atoms with Gasteiger partial charge in [0.15, 0.2) is 0 Å². The molecule has 0 saturated carbocycles. The molecule has 0 heterocycles. The maximum absolute atomic E-state index is 10.3. The second-order valence-corrected chi connectivity index (χ2v) is 1.82. The van der Waals surface area contributed by atoms with E-state index >= 15 is 0 Å². The average molecular weight is 172 g/mol. The van der Waals surface area contributed by atoms with Crippen LogP contribution in [-0.4, -0.2) is 16.2 Å². The molecule has 0 aliphatic heterocycles. The largest absolute Gasteiger partial charge is 0.507 e. The number of carboxylic acid groups (broad SMARTS) is 1. The van der Waals surface area contributed by atoms with E-state index in [1.165, 1.54) is 12.1 Å². The van der Waals surface area contributed by atoms with Gasteiger partial charge in [-0.05, 0) is 12.1 Å². The van der Waals surface area contributed by atoms with E-state index in [1.54, 1.807) is 12.1 Å². The molecule has 12 heavy (non-hydrogen) atoms. The molecule has 8 N–H and O–H groups in total. The van der Waals surface area contributed by atoms with Crippen molar-refractivity contribution in [1.82, 2.24) is 12.3 Å². The Morgan fingerprint density at radius 3 is 2.00 bits per heavy atom. The number of hydrogen-bond donors (Lipinski definition) is 4. The zero-order chi connectivity index (χ0) is 7.56. The van der Waals surface area contributed by atoms with E-state index in [0.717, 1.165) is 0 Å². The van der Waals surface area contributed by atoms with Crippen LogP contribution >= 0.6 is 0 Å². The van der Waals surface area contributed by atoms with Gasteiger partial charge in [-0.3, -0.25) is 0 Å². The minimum Gasteiger partial charge on any atom is -0.507 e. The SMILES string of the molecule is N.N.O=C(O)c1ccccc1O. The van der Waals surface area contributed by atoms with Crippen molar-refractivity contribution in [1.29, 1.82) is 0 Å². The number of aromatic carboxylic acids is 1. The van der Waals surface area contributed by atoms with Gasteiger partial charge in [0.25, 0.3) is 0 Å². The Morgan fingerprint density at radius 2 is 1.67 bits per heavy atom. The summed E-state index contributed by atoms with van der Waals surface area (Å²) < 4.78 is 0. The summed E-state index contributed by atoms with van der Waals surface area (Å²) in [6.45, 7) is 0. The third-order valence-electron chi connectivity index (χ3n) is 1.13. The number of phenols is 1. The minimum atomic E-state index is -1.11. The van der Waals surface area contributed by atoms with Gasteiger partial charge in [0, 0.05) is 0 Å². The van der Waals surface area contributed by atoms with Crippen LogP contribution in [0.5, 0.6) is 5.75 Å². The lowest BCUT2D eigenvalue weighted by atomic mass is 10.2. The molecule has 0 aliphatic rings. The van der Waals surface area contributed by atoms with Gasteiger partial charge in [-0.1, -0.05) is 12.1 Å². The summed E-state index contributed by atoms with van der Waals surface area (Å²) in [5.41, 5.74) is -0.0671. The Bertz CT molecular complexity index is 263. The average Bonchev–Trinajstić information content (AvgIpc) is 1.88. The smallest absolute Gasteiger partial charge is 0.339 e. The van der Waals surface area contributed by atoms with E-state index in [0.29, 0.717) is 0 Å². The fourth-order valence-corrected chi connectivity index (χ4v) is 0.654. The van der Waals surface area contributed by atoms with Gasteiger partial charge in [0.2, 0.25) is 0 Å². The normalized spacial score (nSPS) is 7.67. The highest BCUT2D eigenvalue weighted by Crippen LogP contribution is 2.14. The molecule has 0 unspecified atom stereocenters. The van der Waals surface area contributed by atoms with Gasteiger partial charge in [-0.25, -0.2) is 4.79 Å². The summed E-state index contributed by atoms with van der Waals surface area (Å²) in [6, 6.07) is 5.81. The molecule has 0 amide bonds. The fraction of sp³-hybridized carbons (Fsp3) is 0. The van der Waals surface area contributed by atoms with Crippen LogP contribution in [0.15, 0.2) is 24.3 Å². The summed E-state index contributed by atoms with van der Waals surface area (Å²) in [7, 11) is 0. The first-order chi connectivity index (χ1) is 4.72. The molecule has 0 bridgehead atoms. The summed E-state index contributed by atoms with van der Waals surface area (Å²) in [4.78, 5) is 10.3. The monoisotopic (exact) mass is 172 g/mol. The van der Waals surface area contributed by atoms with Crippen molar-refractivity contribution in [3.05, 3.63) is 29.8 Å². The van der Waals surface area contributed by atoms with Crippen molar-refractivity contribution in [3.63, 3.8) is 0 Å². The van der Waals surface area contributed by atoms with Crippen LogP contribution < -0.4 is 12.3 Å². The van der Waals surface area contributed by atoms with Crippen molar-refractivity contribution >= 4 is 5.97 Å². The van der Waals surface area contributed by atoms with Crippen LogP contribution in [0, 0.1) is 0 Å². The van der Waals surface area contributed by atoms with Crippen molar-refractivity contribution in [2.24, 2.45) is 0 Å². The maximum atomic E-state index is 10.3. The maximum Gasteiger partial charge on any atom is 0.339 e. The quantitative estimate of drug-likeness (QED) is 0.509. The molecule has 1 aromatic rings. The van der Waals surface area contributed by atoms with E-state index in [-0.39, 0.29) is 23.6 Å². The zero-order valence-corrected chi connectivity index (χ0v) is 6.53. The highest BCUT2D eigenvalue weighted by atomic mass is 16.4. The molecule has 1 rings (SSSR count). The summed E-state index contributed by atoms with van der Waals surface area (Å²) >= 11 is 0. The Kier molecular flexibility index (Phi) is 5.55.